The number of hydrogen-bond acceptors (Lipinski definition) is 4. The van der Waals surface area contributed by atoms with Crippen LogP contribution in [0, 0.1) is 0 Å². The molecule has 0 saturated carbocycles. The highest BCUT2D eigenvalue weighted by molar-refractivity contribution is 6.30. The maximum absolute atomic E-state index is 13.8. The summed E-state index contributed by atoms with van der Waals surface area (Å²) in [5.41, 5.74) is -0.282. The van der Waals surface area contributed by atoms with Crippen LogP contribution in [-0.2, 0) is 6.18 Å². The van der Waals surface area contributed by atoms with Gasteiger partial charge < -0.3 is 10.2 Å². The minimum atomic E-state index is -4.75. The van der Waals surface area contributed by atoms with Gasteiger partial charge in [-0.2, -0.15) is 18.3 Å². The first-order valence-corrected chi connectivity index (χ1v) is 10.9. The standard InChI is InChI=1S/C23H23ClF3N5O/c24-17-6-8-19(9-7-17)32-21(23(25,26)27)20(16-29-32)22(33)28-10-11-30-12-14-31(15-13-30)18-4-2-1-3-5-18/h1-9,16H,10-15H2,(H,28,33). The first-order valence-electron chi connectivity index (χ1n) is 10.5. The third kappa shape index (κ3) is 5.48. The van der Waals surface area contributed by atoms with Crippen molar-refractivity contribution in [2.24, 2.45) is 0 Å². The van der Waals surface area contributed by atoms with Crippen molar-refractivity contribution in [3.8, 4) is 5.69 Å². The number of carbonyl (C=O) groups excluding carboxylic acids is 1. The van der Waals surface area contributed by atoms with Crippen molar-refractivity contribution in [1.82, 2.24) is 20.0 Å². The number of hydrogen-bond donors (Lipinski definition) is 1. The van der Waals surface area contributed by atoms with Crippen molar-refractivity contribution in [3.05, 3.63) is 77.1 Å². The zero-order valence-electron chi connectivity index (χ0n) is 17.7. The Hall–Kier alpha value is -3.04. The first kappa shape index (κ1) is 23.1. The third-order valence-electron chi connectivity index (χ3n) is 5.56. The van der Waals surface area contributed by atoms with Gasteiger partial charge in [-0.3, -0.25) is 9.69 Å². The van der Waals surface area contributed by atoms with Gasteiger partial charge in [0.15, 0.2) is 5.69 Å². The van der Waals surface area contributed by atoms with E-state index in [-0.39, 0.29) is 12.2 Å². The number of benzene rings is 2. The van der Waals surface area contributed by atoms with Crippen LogP contribution in [0.1, 0.15) is 16.1 Å². The van der Waals surface area contributed by atoms with Crippen LogP contribution < -0.4 is 10.2 Å². The number of aromatic nitrogens is 2. The number of nitrogens with one attached hydrogen (secondary N) is 1. The lowest BCUT2D eigenvalue weighted by Crippen LogP contribution is -2.48. The molecule has 10 heteroatoms. The van der Waals surface area contributed by atoms with E-state index in [0.717, 1.165) is 32.4 Å². The number of carbonyl (C=O) groups is 1. The molecule has 0 aliphatic carbocycles. The fraction of sp³-hybridized carbons (Fsp3) is 0.304. The molecule has 4 rings (SSSR count). The van der Waals surface area contributed by atoms with Crippen molar-refractivity contribution in [3.63, 3.8) is 0 Å². The molecule has 2 aromatic carbocycles. The Morgan fingerprint density at radius 1 is 0.970 bits per heavy atom. The Morgan fingerprint density at radius 2 is 1.64 bits per heavy atom. The molecule has 0 unspecified atom stereocenters. The van der Waals surface area contributed by atoms with Crippen molar-refractivity contribution >= 4 is 23.2 Å². The molecule has 1 aromatic heterocycles. The summed E-state index contributed by atoms with van der Waals surface area (Å²) in [6, 6.07) is 15.9. The minimum Gasteiger partial charge on any atom is -0.369 e. The summed E-state index contributed by atoms with van der Waals surface area (Å²) < 4.78 is 42.0. The lowest BCUT2D eigenvalue weighted by Gasteiger charge is -2.36. The molecule has 1 N–H and O–H groups in total. The average molecular weight is 478 g/mol. The topological polar surface area (TPSA) is 53.4 Å². The lowest BCUT2D eigenvalue weighted by molar-refractivity contribution is -0.143. The maximum Gasteiger partial charge on any atom is 0.434 e. The smallest absolute Gasteiger partial charge is 0.369 e. The number of anilines is 1. The van der Waals surface area contributed by atoms with Gasteiger partial charge in [0.1, 0.15) is 0 Å². The zero-order valence-corrected chi connectivity index (χ0v) is 18.5. The summed E-state index contributed by atoms with van der Waals surface area (Å²) >= 11 is 5.82. The van der Waals surface area contributed by atoms with E-state index in [9.17, 15) is 18.0 Å². The monoisotopic (exact) mass is 477 g/mol. The molecule has 1 fully saturated rings. The number of alkyl halides is 3. The molecule has 174 valence electrons. The van der Waals surface area contributed by atoms with Gasteiger partial charge in [-0.25, -0.2) is 4.68 Å². The molecular formula is C23H23ClF3N5O. The predicted molar refractivity (Wildman–Crippen MR) is 121 cm³/mol. The SMILES string of the molecule is O=C(NCCN1CCN(c2ccccc2)CC1)c1cnn(-c2ccc(Cl)cc2)c1C(F)(F)F. The van der Waals surface area contributed by atoms with E-state index in [1.54, 1.807) is 0 Å². The van der Waals surface area contributed by atoms with Crippen LogP contribution >= 0.6 is 11.6 Å². The number of nitrogens with zero attached hydrogens (tertiary/aromatic N) is 4. The predicted octanol–water partition coefficient (Wildman–Crippen LogP) is 4.10. The highest BCUT2D eigenvalue weighted by atomic mass is 35.5. The molecule has 1 aliphatic rings. The summed E-state index contributed by atoms with van der Waals surface area (Å²) in [7, 11) is 0. The average Bonchev–Trinajstić information content (AvgIpc) is 3.27. The zero-order chi connectivity index (χ0) is 23.4. The van der Waals surface area contributed by atoms with Crippen LogP contribution in [0.4, 0.5) is 18.9 Å². The second-order valence-electron chi connectivity index (χ2n) is 7.71. The van der Waals surface area contributed by atoms with E-state index in [4.69, 9.17) is 11.6 Å². The van der Waals surface area contributed by atoms with Crippen LogP contribution in [0.15, 0.2) is 60.8 Å². The van der Waals surface area contributed by atoms with Crippen LogP contribution in [0.2, 0.25) is 5.02 Å². The van der Waals surface area contributed by atoms with Crippen molar-refractivity contribution in [2.45, 2.75) is 6.18 Å². The van der Waals surface area contributed by atoms with Crippen LogP contribution in [0.3, 0.4) is 0 Å². The molecule has 1 amide bonds. The second-order valence-corrected chi connectivity index (χ2v) is 8.15. The number of rotatable bonds is 6. The Bertz CT molecular complexity index is 1080. The van der Waals surface area contributed by atoms with Crippen LogP contribution in [0.5, 0.6) is 0 Å². The Kier molecular flexibility index (Phi) is 6.90. The number of piperazine rings is 1. The van der Waals surface area contributed by atoms with Crippen molar-refractivity contribution in [1.29, 1.82) is 0 Å². The highest BCUT2D eigenvalue weighted by Crippen LogP contribution is 2.33. The summed E-state index contributed by atoms with van der Waals surface area (Å²) in [4.78, 5) is 17.0. The maximum atomic E-state index is 13.8. The van der Waals surface area contributed by atoms with E-state index < -0.39 is 23.3 Å². The molecule has 1 aliphatic heterocycles. The van der Waals surface area contributed by atoms with Gasteiger partial charge in [-0.15, -0.1) is 0 Å². The Labute approximate surface area is 194 Å². The van der Waals surface area contributed by atoms with Gasteiger partial charge in [0.2, 0.25) is 0 Å². The Morgan fingerprint density at radius 3 is 2.27 bits per heavy atom. The summed E-state index contributed by atoms with van der Waals surface area (Å²) in [6.07, 6.45) is -3.80. The molecule has 0 bridgehead atoms. The van der Waals surface area contributed by atoms with Gasteiger partial charge in [0, 0.05) is 50.0 Å². The van der Waals surface area contributed by atoms with E-state index in [1.165, 1.54) is 30.0 Å². The van der Waals surface area contributed by atoms with Gasteiger partial charge in [-0.1, -0.05) is 29.8 Å². The van der Waals surface area contributed by atoms with E-state index >= 15 is 0 Å². The second kappa shape index (κ2) is 9.84. The Balaban J connectivity index is 1.36. The summed E-state index contributed by atoms with van der Waals surface area (Å²) in [5.74, 6) is -0.800. The van der Waals surface area contributed by atoms with Crippen LogP contribution in [-0.4, -0.2) is 59.9 Å². The number of para-hydroxylation sites is 1. The molecule has 0 spiro atoms. The number of halogens is 4. The minimum absolute atomic E-state index is 0.169. The fourth-order valence-electron chi connectivity index (χ4n) is 3.86. The number of amides is 1. The molecule has 3 aromatic rings. The van der Waals surface area contributed by atoms with Gasteiger partial charge in [0.25, 0.3) is 5.91 Å². The van der Waals surface area contributed by atoms with E-state index in [1.807, 2.05) is 18.2 Å². The third-order valence-corrected chi connectivity index (χ3v) is 5.81. The van der Waals surface area contributed by atoms with Gasteiger partial charge >= 0.3 is 6.18 Å². The molecule has 0 atom stereocenters. The van der Waals surface area contributed by atoms with Crippen molar-refractivity contribution < 1.29 is 18.0 Å². The quantitative estimate of drug-likeness (QED) is 0.581. The first-order chi connectivity index (χ1) is 15.8. The van der Waals surface area contributed by atoms with Gasteiger partial charge in [-0.05, 0) is 36.4 Å². The largest absolute Gasteiger partial charge is 0.434 e. The molecular weight excluding hydrogens is 455 g/mol. The van der Waals surface area contributed by atoms with Crippen molar-refractivity contribution in [2.75, 3.05) is 44.2 Å². The van der Waals surface area contributed by atoms with E-state index in [0.29, 0.717) is 16.2 Å². The molecule has 2 heterocycles. The van der Waals surface area contributed by atoms with E-state index in [2.05, 4.69) is 32.3 Å². The molecule has 6 nitrogen and oxygen atoms in total. The summed E-state index contributed by atoms with van der Waals surface area (Å²) in [6.45, 7) is 4.13. The van der Waals surface area contributed by atoms with Crippen LogP contribution in [0.25, 0.3) is 5.69 Å². The molecule has 1 saturated heterocycles. The normalized spacial score (nSPS) is 15.0. The summed E-state index contributed by atoms with van der Waals surface area (Å²) in [5, 5.41) is 6.81. The van der Waals surface area contributed by atoms with Gasteiger partial charge in [0.05, 0.1) is 17.4 Å². The molecule has 0 radical (unpaired) electrons. The molecule has 33 heavy (non-hydrogen) atoms. The fourth-order valence-corrected chi connectivity index (χ4v) is 3.98. The lowest BCUT2D eigenvalue weighted by atomic mass is 10.2. The highest BCUT2D eigenvalue weighted by Gasteiger charge is 2.40.